The molecule has 0 aliphatic heterocycles. The summed E-state index contributed by atoms with van der Waals surface area (Å²) in [7, 11) is -3.58. The van der Waals surface area contributed by atoms with Gasteiger partial charge in [0.25, 0.3) is 0 Å². The molecular weight excluding hydrogens is 330 g/mol. The van der Waals surface area contributed by atoms with Gasteiger partial charge in [-0.1, -0.05) is 23.7 Å². The van der Waals surface area contributed by atoms with E-state index in [9.17, 15) is 8.42 Å². The number of hydrogen-bond acceptors (Lipinski definition) is 4. The summed E-state index contributed by atoms with van der Waals surface area (Å²) in [5, 5.41) is 9.12. The second kappa shape index (κ2) is 6.89. The lowest BCUT2D eigenvalue weighted by atomic mass is 10.2. The minimum Gasteiger partial charge on any atom is -0.392 e. The van der Waals surface area contributed by atoms with Crippen molar-refractivity contribution in [1.82, 2.24) is 4.72 Å². The number of halogens is 1. The van der Waals surface area contributed by atoms with Crippen LogP contribution in [0.1, 0.15) is 16.0 Å². The molecule has 0 unspecified atom stereocenters. The SMILES string of the molecule is Cc1ccc(CO)cc1S(=O)(=O)NCCc1ccc(Cl)s1. The number of nitrogens with one attached hydrogen (secondary N) is 1. The van der Waals surface area contributed by atoms with Gasteiger partial charge >= 0.3 is 0 Å². The molecule has 2 aromatic rings. The van der Waals surface area contributed by atoms with Crippen molar-refractivity contribution in [2.24, 2.45) is 0 Å². The van der Waals surface area contributed by atoms with Crippen molar-refractivity contribution >= 4 is 33.0 Å². The summed E-state index contributed by atoms with van der Waals surface area (Å²) in [5.41, 5.74) is 1.23. The van der Waals surface area contributed by atoms with Gasteiger partial charge in [0.05, 0.1) is 15.8 Å². The van der Waals surface area contributed by atoms with E-state index in [-0.39, 0.29) is 11.5 Å². The fraction of sp³-hybridized carbons (Fsp3) is 0.286. The molecule has 0 radical (unpaired) electrons. The van der Waals surface area contributed by atoms with Gasteiger partial charge in [-0.15, -0.1) is 11.3 Å². The topological polar surface area (TPSA) is 66.4 Å². The van der Waals surface area contributed by atoms with Crippen molar-refractivity contribution in [2.45, 2.75) is 24.8 Å². The molecule has 0 amide bonds. The molecule has 1 aromatic heterocycles. The van der Waals surface area contributed by atoms with Crippen molar-refractivity contribution in [2.75, 3.05) is 6.54 Å². The van der Waals surface area contributed by atoms with Crippen LogP contribution < -0.4 is 4.72 Å². The Hall–Kier alpha value is -0.920. The van der Waals surface area contributed by atoms with Crippen LogP contribution in [0.15, 0.2) is 35.2 Å². The van der Waals surface area contributed by atoms with E-state index in [1.807, 2.05) is 6.07 Å². The van der Waals surface area contributed by atoms with Crippen molar-refractivity contribution in [3.05, 3.63) is 50.7 Å². The Balaban J connectivity index is 2.07. The second-order valence-electron chi connectivity index (χ2n) is 4.61. The van der Waals surface area contributed by atoms with Crippen molar-refractivity contribution in [3.63, 3.8) is 0 Å². The molecule has 1 aromatic carbocycles. The lowest BCUT2D eigenvalue weighted by Crippen LogP contribution is -2.26. The zero-order chi connectivity index (χ0) is 15.5. The first-order chi connectivity index (χ1) is 9.92. The van der Waals surface area contributed by atoms with Gasteiger partial charge in [0.1, 0.15) is 0 Å². The maximum absolute atomic E-state index is 12.3. The van der Waals surface area contributed by atoms with Gasteiger partial charge in [-0.25, -0.2) is 13.1 Å². The Labute approximate surface area is 133 Å². The van der Waals surface area contributed by atoms with Crippen LogP contribution in [-0.4, -0.2) is 20.1 Å². The number of thiophene rings is 1. The Kier molecular flexibility index (Phi) is 5.40. The molecular formula is C14H16ClNO3S2. The number of rotatable bonds is 6. The number of benzene rings is 1. The van der Waals surface area contributed by atoms with E-state index >= 15 is 0 Å². The summed E-state index contributed by atoms with van der Waals surface area (Å²) in [6.07, 6.45) is 0.593. The van der Waals surface area contributed by atoms with Gasteiger partial charge in [-0.3, -0.25) is 0 Å². The minimum atomic E-state index is -3.58. The summed E-state index contributed by atoms with van der Waals surface area (Å²) < 4.78 is 27.9. The summed E-state index contributed by atoms with van der Waals surface area (Å²) in [6.45, 7) is 1.85. The zero-order valence-corrected chi connectivity index (χ0v) is 13.9. The average Bonchev–Trinajstić information content (AvgIpc) is 2.84. The highest BCUT2D eigenvalue weighted by Crippen LogP contribution is 2.22. The maximum atomic E-state index is 12.3. The normalized spacial score (nSPS) is 11.8. The molecule has 0 aliphatic rings. The number of aryl methyl sites for hydroxylation is 1. The van der Waals surface area contributed by atoms with Crippen LogP contribution in [-0.2, 0) is 23.1 Å². The molecule has 0 spiro atoms. The molecule has 2 rings (SSSR count). The van der Waals surface area contributed by atoms with E-state index in [0.29, 0.717) is 28.4 Å². The molecule has 2 N–H and O–H groups in total. The number of aliphatic hydroxyl groups excluding tert-OH is 1. The Morgan fingerprint density at radius 3 is 2.67 bits per heavy atom. The van der Waals surface area contributed by atoms with E-state index in [2.05, 4.69) is 4.72 Å². The van der Waals surface area contributed by atoms with Crippen LogP contribution in [0.4, 0.5) is 0 Å². The van der Waals surface area contributed by atoms with E-state index in [4.69, 9.17) is 16.7 Å². The first-order valence-electron chi connectivity index (χ1n) is 6.36. The first kappa shape index (κ1) is 16.5. The highest BCUT2D eigenvalue weighted by atomic mass is 35.5. The third-order valence-electron chi connectivity index (χ3n) is 3.02. The lowest BCUT2D eigenvalue weighted by Gasteiger charge is -2.10. The van der Waals surface area contributed by atoms with Crippen LogP contribution in [0, 0.1) is 6.92 Å². The van der Waals surface area contributed by atoms with Crippen LogP contribution in [0.5, 0.6) is 0 Å². The largest absolute Gasteiger partial charge is 0.392 e. The molecule has 21 heavy (non-hydrogen) atoms. The fourth-order valence-corrected chi connectivity index (χ4v) is 4.32. The smallest absolute Gasteiger partial charge is 0.240 e. The molecule has 114 valence electrons. The van der Waals surface area contributed by atoms with E-state index in [0.717, 1.165) is 4.88 Å². The molecule has 0 fully saturated rings. The van der Waals surface area contributed by atoms with Crippen molar-refractivity contribution in [1.29, 1.82) is 0 Å². The standard InChI is InChI=1S/C14H16ClNO3S2/c1-10-2-3-11(9-17)8-13(10)21(18,19)16-7-6-12-4-5-14(15)20-12/h2-5,8,16-17H,6-7,9H2,1H3. The molecule has 0 atom stereocenters. The zero-order valence-electron chi connectivity index (χ0n) is 11.5. The van der Waals surface area contributed by atoms with Crippen molar-refractivity contribution in [3.8, 4) is 0 Å². The van der Waals surface area contributed by atoms with Crippen molar-refractivity contribution < 1.29 is 13.5 Å². The maximum Gasteiger partial charge on any atom is 0.240 e. The van der Waals surface area contributed by atoms with E-state index in [1.54, 1.807) is 25.1 Å². The molecule has 0 saturated carbocycles. The van der Waals surface area contributed by atoms with Gasteiger partial charge in [0, 0.05) is 11.4 Å². The van der Waals surface area contributed by atoms with Gasteiger partial charge in [-0.2, -0.15) is 0 Å². The summed E-state index contributed by atoms with van der Waals surface area (Å²) in [5.74, 6) is 0. The third-order valence-corrected chi connectivity index (χ3v) is 5.91. The number of hydrogen-bond donors (Lipinski definition) is 2. The van der Waals surface area contributed by atoms with Gasteiger partial charge in [-0.05, 0) is 42.7 Å². The average molecular weight is 346 g/mol. The minimum absolute atomic E-state index is 0.184. The molecule has 4 nitrogen and oxygen atoms in total. The molecule has 0 bridgehead atoms. The molecule has 1 heterocycles. The summed E-state index contributed by atoms with van der Waals surface area (Å²) >= 11 is 7.28. The lowest BCUT2D eigenvalue weighted by molar-refractivity contribution is 0.281. The molecule has 0 saturated heterocycles. The predicted molar refractivity (Wildman–Crippen MR) is 85.3 cm³/mol. The molecule has 0 aliphatic carbocycles. The van der Waals surface area contributed by atoms with E-state index in [1.165, 1.54) is 17.4 Å². The summed E-state index contributed by atoms with van der Waals surface area (Å²) in [4.78, 5) is 1.24. The first-order valence-corrected chi connectivity index (χ1v) is 9.04. The highest BCUT2D eigenvalue weighted by Gasteiger charge is 2.16. The number of aliphatic hydroxyl groups is 1. The quantitative estimate of drug-likeness (QED) is 0.846. The summed E-state index contributed by atoms with van der Waals surface area (Å²) in [6, 6.07) is 8.59. The van der Waals surface area contributed by atoms with Gasteiger partial charge in [0.2, 0.25) is 10.0 Å². The Bertz CT molecular complexity index is 726. The predicted octanol–water partition coefficient (Wildman–Crippen LogP) is 2.72. The molecule has 7 heteroatoms. The fourth-order valence-electron chi connectivity index (χ4n) is 1.90. The van der Waals surface area contributed by atoms with E-state index < -0.39 is 10.0 Å². The second-order valence-corrected chi connectivity index (χ2v) is 8.15. The third kappa shape index (κ3) is 4.28. The Morgan fingerprint density at radius 2 is 2.05 bits per heavy atom. The van der Waals surface area contributed by atoms with Crippen LogP contribution in [0.3, 0.4) is 0 Å². The van der Waals surface area contributed by atoms with Crippen LogP contribution in [0.2, 0.25) is 4.34 Å². The highest BCUT2D eigenvalue weighted by molar-refractivity contribution is 7.89. The number of sulfonamides is 1. The van der Waals surface area contributed by atoms with Gasteiger partial charge < -0.3 is 5.11 Å². The van der Waals surface area contributed by atoms with Crippen LogP contribution >= 0.6 is 22.9 Å². The van der Waals surface area contributed by atoms with Gasteiger partial charge in [0.15, 0.2) is 0 Å². The van der Waals surface area contributed by atoms with Crippen LogP contribution in [0.25, 0.3) is 0 Å². The monoisotopic (exact) mass is 345 g/mol. The Morgan fingerprint density at radius 1 is 1.29 bits per heavy atom.